The molecule has 0 spiro atoms. The summed E-state index contributed by atoms with van der Waals surface area (Å²) in [5.41, 5.74) is 11.4. The minimum absolute atomic E-state index is 0.0351. The number of hydrogen-bond acceptors (Lipinski definition) is 1. The first-order chi connectivity index (χ1) is 23.6. The van der Waals surface area contributed by atoms with Crippen LogP contribution < -0.4 is 4.57 Å². The summed E-state index contributed by atoms with van der Waals surface area (Å²) in [6.07, 6.45) is 2.14. The van der Waals surface area contributed by atoms with Gasteiger partial charge in [-0.25, -0.2) is 4.57 Å². The van der Waals surface area contributed by atoms with Gasteiger partial charge in [0.05, 0.1) is 6.20 Å². The Balaban J connectivity index is 1.07. The molecule has 10 rings (SSSR count). The van der Waals surface area contributed by atoms with Gasteiger partial charge in [-0.1, -0.05) is 135 Å². The lowest BCUT2D eigenvalue weighted by Crippen LogP contribution is -2.40. The summed E-state index contributed by atoms with van der Waals surface area (Å²) in [7, 11) is 0. The van der Waals surface area contributed by atoms with E-state index in [0.717, 1.165) is 17.1 Å². The molecule has 2 nitrogen and oxygen atoms in total. The number of fused-ring (bicyclic) bond motifs is 10. The summed E-state index contributed by atoms with van der Waals surface area (Å²) in [6.45, 7) is 4.80. The SMILES string of the molecule is CC1(C)c2cc3cc(-c4ccc(C5C(c6ccccc6)=Nc6cccc[n+]65)cc4)ccc3cc2-c2c1c1ccccc1c1ccccc21. The lowest BCUT2D eigenvalue weighted by Gasteiger charge is -2.24. The largest absolute Gasteiger partial charge is 0.324 e. The second-order valence-electron chi connectivity index (χ2n) is 13.8. The maximum Gasteiger partial charge on any atom is 0.324 e. The van der Waals surface area contributed by atoms with Gasteiger partial charge in [-0.05, 0) is 95.0 Å². The van der Waals surface area contributed by atoms with Crippen LogP contribution in [0.15, 0.2) is 163 Å². The monoisotopic (exact) mass is 613 g/mol. The minimum atomic E-state index is -0.118. The highest BCUT2D eigenvalue weighted by Crippen LogP contribution is 2.55. The van der Waals surface area contributed by atoms with Gasteiger partial charge in [0, 0.05) is 22.6 Å². The van der Waals surface area contributed by atoms with Crippen molar-refractivity contribution in [1.82, 2.24) is 0 Å². The molecule has 48 heavy (non-hydrogen) atoms. The number of hydrogen-bond donors (Lipinski definition) is 0. The predicted molar refractivity (Wildman–Crippen MR) is 199 cm³/mol. The Hall–Kier alpha value is -5.86. The summed E-state index contributed by atoms with van der Waals surface area (Å²) in [4.78, 5) is 5.06. The second kappa shape index (κ2) is 10.1. The van der Waals surface area contributed by atoms with Gasteiger partial charge < -0.3 is 0 Å². The summed E-state index contributed by atoms with van der Waals surface area (Å²) in [6, 6.07) is 55.6. The Morgan fingerprint density at radius 2 is 1.21 bits per heavy atom. The summed E-state index contributed by atoms with van der Waals surface area (Å²) >= 11 is 0. The third kappa shape index (κ3) is 3.86. The number of aromatic nitrogens is 1. The van der Waals surface area contributed by atoms with Crippen molar-refractivity contribution in [3.05, 3.63) is 180 Å². The molecular formula is C46H33N2+. The number of aliphatic imine (C=N–C) groups is 1. The Morgan fingerprint density at radius 3 is 2.00 bits per heavy atom. The third-order valence-corrected chi connectivity index (χ3v) is 10.7. The van der Waals surface area contributed by atoms with E-state index in [1.807, 2.05) is 0 Å². The molecule has 0 N–H and O–H groups in total. The molecule has 1 unspecified atom stereocenters. The van der Waals surface area contributed by atoms with E-state index in [0.29, 0.717) is 0 Å². The van der Waals surface area contributed by atoms with E-state index in [-0.39, 0.29) is 11.5 Å². The van der Waals surface area contributed by atoms with E-state index >= 15 is 0 Å². The molecule has 0 saturated heterocycles. The van der Waals surface area contributed by atoms with Crippen molar-refractivity contribution in [2.75, 3.05) is 0 Å². The molecule has 226 valence electrons. The third-order valence-electron chi connectivity index (χ3n) is 10.7. The van der Waals surface area contributed by atoms with Crippen molar-refractivity contribution < 1.29 is 4.57 Å². The van der Waals surface area contributed by atoms with Crippen LogP contribution >= 0.6 is 0 Å². The molecule has 1 aliphatic heterocycles. The summed E-state index contributed by atoms with van der Waals surface area (Å²) in [5.74, 6) is 0.985. The van der Waals surface area contributed by atoms with Gasteiger partial charge in [0.15, 0.2) is 6.04 Å². The fraction of sp³-hybridized carbons (Fsp3) is 0.0870. The van der Waals surface area contributed by atoms with Crippen LogP contribution in [0, 0.1) is 0 Å². The first kappa shape index (κ1) is 27.3. The van der Waals surface area contributed by atoms with Crippen molar-refractivity contribution >= 4 is 43.8 Å². The molecule has 0 bridgehead atoms. The average molecular weight is 614 g/mol. The van der Waals surface area contributed by atoms with Crippen LogP contribution in [-0.4, -0.2) is 5.71 Å². The summed E-state index contributed by atoms with van der Waals surface area (Å²) < 4.78 is 2.28. The molecule has 1 aromatic heterocycles. The van der Waals surface area contributed by atoms with Crippen molar-refractivity contribution in [2.45, 2.75) is 25.3 Å². The first-order valence-electron chi connectivity index (χ1n) is 16.8. The van der Waals surface area contributed by atoms with Gasteiger partial charge >= 0.3 is 5.82 Å². The van der Waals surface area contributed by atoms with Crippen molar-refractivity contribution in [1.29, 1.82) is 0 Å². The van der Waals surface area contributed by atoms with Crippen LogP contribution in [0.2, 0.25) is 0 Å². The zero-order valence-electron chi connectivity index (χ0n) is 27.0. The van der Waals surface area contributed by atoms with Crippen LogP contribution in [0.25, 0.3) is 54.6 Å². The number of nitrogens with zero attached hydrogens (tertiary/aromatic N) is 2. The lowest BCUT2D eigenvalue weighted by molar-refractivity contribution is -0.680. The van der Waals surface area contributed by atoms with Gasteiger partial charge in [0.25, 0.3) is 0 Å². The molecule has 8 aromatic rings. The van der Waals surface area contributed by atoms with Gasteiger partial charge in [-0.2, -0.15) is 0 Å². The predicted octanol–water partition coefficient (Wildman–Crippen LogP) is 11.1. The quantitative estimate of drug-likeness (QED) is 0.139. The Labute approximate surface area is 280 Å². The molecule has 1 aliphatic carbocycles. The first-order valence-corrected chi connectivity index (χ1v) is 16.8. The fourth-order valence-electron chi connectivity index (χ4n) is 8.49. The van der Waals surface area contributed by atoms with E-state index in [4.69, 9.17) is 4.99 Å². The maximum atomic E-state index is 5.06. The highest BCUT2D eigenvalue weighted by molar-refractivity contribution is 6.19. The van der Waals surface area contributed by atoms with E-state index in [1.54, 1.807) is 0 Å². The molecular weight excluding hydrogens is 581 g/mol. The molecule has 7 aromatic carbocycles. The van der Waals surface area contributed by atoms with Crippen LogP contribution in [-0.2, 0) is 5.41 Å². The van der Waals surface area contributed by atoms with Crippen LogP contribution in [0.5, 0.6) is 0 Å². The number of rotatable bonds is 3. The maximum absolute atomic E-state index is 5.06. The smallest absolute Gasteiger partial charge is 0.216 e. The zero-order chi connectivity index (χ0) is 32.0. The molecule has 2 heterocycles. The second-order valence-corrected chi connectivity index (χ2v) is 13.8. The topological polar surface area (TPSA) is 16.2 Å². The van der Waals surface area contributed by atoms with Gasteiger partial charge in [0.1, 0.15) is 0 Å². The molecule has 2 heteroatoms. The lowest BCUT2D eigenvalue weighted by atomic mass is 9.79. The van der Waals surface area contributed by atoms with Gasteiger partial charge in [-0.15, -0.1) is 0 Å². The number of pyridine rings is 1. The van der Waals surface area contributed by atoms with Crippen LogP contribution in [0.1, 0.15) is 42.1 Å². The van der Waals surface area contributed by atoms with E-state index < -0.39 is 0 Å². The van der Waals surface area contributed by atoms with Crippen LogP contribution in [0.3, 0.4) is 0 Å². The van der Waals surface area contributed by atoms with Crippen molar-refractivity contribution in [2.24, 2.45) is 4.99 Å². The van der Waals surface area contributed by atoms with E-state index in [2.05, 4.69) is 176 Å². The normalized spacial score (nSPS) is 15.8. The molecule has 0 radical (unpaired) electrons. The highest BCUT2D eigenvalue weighted by Gasteiger charge is 2.39. The van der Waals surface area contributed by atoms with Crippen LogP contribution in [0.4, 0.5) is 5.82 Å². The molecule has 0 saturated carbocycles. The molecule has 2 aliphatic rings. The van der Waals surface area contributed by atoms with E-state index in [1.165, 1.54) is 71.3 Å². The Bertz CT molecular complexity index is 2630. The average Bonchev–Trinajstić information content (AvgIpc) is 3.64. The molecule has 0 amide bonds. The standard InChI is InChI=1S/C46H33N2/c1-46(2)40-28-34-26-32(23-24-33(34)27-39(40)42-37-16-8-6-14-35(37)36-15-7-9-17-38(36)43(42)46)29-19-21-31(22-20-29)45-44(30-12-4-3-5-13-30)47-41-18-10-11-25-48(41)45/h3-28,45H,1-2H3/q+1. The van der Waals surface area contributed by atoms with Crippen molar-refractivity contribution in [3.63, 3.8) is 0 Å². The number of benzene rings is 7. The van der Waals surface area contributed by atoms with Gasteiger partial charge in [0.2, 0.25) is 5.71 Å². The minimum Gasteiger partial charge on any atom is -0.216 e. The Kier molecular flexibility index (Phi) is 5.72. The highest BCUT2D eigenvalue weighted by atomic mass is 15.2. The molecule has 1 atom stereocenters. The van der Waals surface area contributed by atoms with E-state index in [9.17, 15) is 0 Å². The van der Waals surface area contributed by atoms with Crippen molar-refractivity contribution in [3.8, 4) is 22.3 Å². The summed E-state index contributed by atoms with van der Waals surface area (Å²) in [5, 5.41) is 7.93. The van der Waals surface area contributed by atoms with Gasteiger partial charge in [-0.3, -0.25) is 0 Å². The Morgan fingerprint density at radius 1 is 0.542 bits per heavy atom. The zero-order valence-corrected chi connectivity index (χ0v) is 27.0. The molecule has 0 fully saturated rings. The fourth-order valence-corrected chi connectivity index (χ4v) is 8.49.